The van der Waals surface area contributed by atoms with E-state index >= 15 is 0 Å². The maximum absolute atomic E-state index is 12.0. The monoisotopic (exact) mass is 353 g/mol. The summed E-state index contributed by atoms with van der Waals surface area (Å²) in [4.78, 5) is 22.2. The van der Waals surface area contributed by atoms with Gasteiger partial charge in [-0.1, -0.05) is 5.21 Å². The molecule has 0 bridgehead atoms. The van der Waals surface area contributed by atoms with Crippen molar-refractivity contribution < 1.29 is 9.72 Å². The van der Waals surface area contributed by atoms with Gasteiger partial charge in [-0.15, -0.1) is 5.10 Å². The van der Waals surface area contributed by atoms with Crippen LogP contribution in [0, 0.1) is 10.1 Å². The Morgan fingerprint density at radius 2 is 2.29 bits per heavy atom. The highest BCUT2D eigenvalue weighted by Crippen LogP contribution is 2.22. The molecule has 0 spiro atoms. The molecule has 0 aliphatic rings. The Morgan fingerprint density at radius 1 is 1.48 bits per heavy atom. The number of aryl methyl sites for hydroxylation is 1. The number of carbonyl (C=O) groups excluding carboxylic acids is 1. The van der Waals surface area contributed by atoms with Gasteiger partial charge in [0, 0.05) is 35.9 Å². The van der Waals surface area contributed by atoms with Gasteiger partial charge in [-0.3, -0.25) is 19.6 Å². The van der Waals surface area contributed by atoms with Crippen molar-refractivity contribution in [2.75, 3.05) is 6.54 Å². The molecule has 0 aliphatic heterocycles. The summed E-state index contributed by atoms with van der Waals surface area (Å²) < 4.78 is 2.18. The molecule has 1 N–H and O–H groups in total. The summed E-state index contributed by atoms with van der Waals surface area (Å²) in [5.41, 5.74) is 0.121. The van der Waals surface area contributed by atoms with Crippen molar-refractivity contribution in [3.63, 3.8) is 0 Å². The smallest absolute Gasteiger partial charge is 0.270 e. The first-order valence-corrected chi connectivity index (χ1v) is 6.93. The molecule has 0 aliphatic carbocycles. The van der Waals surface area contributed by atoms with E-state index in [9.17, 15) is 14.9 Å². The van der Waals surface area contributed by atoms with Crippen molar-refractivity contribution in [2.45, 2.75) is 13.0 Å². The lowest BCUT2D eigenvalue weighted by Gasteiger charge is -2.07. The normalized spacial score (nSPS) is 10.3. The fourth-order valence-electron chi connectivity index (χ4n) is 1.69. The van der Waals surface area contributed by atoms with Gasteiger partial charge in [0.1, 0.15) is 0 Å². The van der Waals surface area contributed by atoms with Gasteiger partial charge in [-0.25, -0.2) is 0 Å². The molecule has 2 aromatic rings. The number of amides is 1. The zero-order chi connectivity index (χ0) is 15.2. The molecule has 1 amide bonds. The lowest BCUT2D eigenvalue weighted by atomic mass is 10.2. The van der Waals surface area contributed by atoms with E-state index in [1.807, 2.05) is 0 Å². The Morgan fingerprint density at radius 3 is 2.95 bits per heavy atom. The second-order valence-corrected chi connectivity index (χ2v) is 5.05. The Labute approximate surface area is 128 Å². The second kappa shape index (κ2) is 6.93. The molecule has 0 saturated carbocycles. The van der Waals surface area contributed by atoms with Crippen molar-refractivity contribution in [3.8, 4) is 0 Å². The highest BCUT2D eigenvalue weighted by molar-refractivity contribution is 9.10. The van der Waals surface area contributed by atoms with Gasteiger partial charge in [0.25, 0.3) is 11.6 Å². The molecule has 0 atom stereocenters. The Bertz CT molecular complexity index is 644. The molecule has 8 nitrogen and oxygen atoms in total. The van der Waals surface area contributed by atoms with Crippen molar-refractivity contribution in [3.05, 3.63) is 50.7 Å². The van der Waals surface area contributed by atoms with Gasteiger partial charge in [0.05, 0.1) is 16.7 Å². The molecule has 2 rings (SSSR count). The molecule has 0 saturated heterocycles. The van der Waals surface area contributed by atoms with E-state index in [-0.39, 0.29) is 17.2 Å². The molecule has 9 heteroatoms. The highest BCUT2D eigenvalue weighted by Gasteiger charge is 2.15. The molecule has 21 heavy (non-hydrogen) atoms. The van der Waals surface area contributed by atoms with Crippen LogP contribution in [0.2, 0.25) is 0 Å². The van der Waals surface area contributed by atoms with E-state index in [1.165, 1.54) is 18.2 Å². The molecule has 110 valence electrons. The summed E-state index contributed by atoms with van der Waals surface area (Å²) in [6.07, 6.45) is 4.00. The first-order chi connectivity index (χ1) is 10.1. The first-order valence-electron chi connectivity index (χ1n) is 6.14. The minimum atomic E-state index is -0.534. The van der Waals surface area contributed by atoms with Gasteiger partial charge in [0.2, 0.25) is 0 Å². The first kappa shape index (κ1) is 15.1. The fraction of sp³-hybridized carbons (Fsp3) is 0.250. The van der Waals surface area contributed by atoms with Crippen LogP contribution in [0.3, 0.4) is 0 Å². The number of benzene rings is 1. The van der Waals surface area contributed by atoms with Crippen molar-refractivity contribution >= 4 is 27.5 Å². The van der Waals surface area contributed by atoms with Crippen LogP contribution in [0.15, 0.2) is 35.1 Å². The summed E-state index contributed by atoms with van der Waals surface area (Å²) in [6, 6.07) is 4.07. The predicted octanol–water partition coefficient (Wildman–Crippen LogP) is 1.77. The van der Waals surface area contributed by atoms with Gasteiger partial charge in [0.15, 0.2) is 0 Å². The van der Waals surface area contributed by atoms with Crippen LogP contribution in [-0.2, 0) is 6.54 Å². The quantitative estimate of drug-likeness (QED) is 0.484. The number of nitro groups is 1. The predicted molar refractivity (Wildman–Crippen MR) is 77.8 cm³/mol. The van der Waals surface area contributed by atoms with Crippen LogP contribution < -0.4 is 5.32 Å². The number of nitrogens with zero attached hydrogens (tertiary/aromatic N) is 4. The Balaban J connectivity index is 1.90. The van der Waals surface area contributed by atoms with Crippen LogP contribution in [0.25, 0.3) is 0 Å². The van der Waals surface area contributed by atoms with Crippen molar-refractivity contribution in [1.82, 2.24) is 20.3 Å². The fourth-order valence-corrected chi connectivity index (χ4v) is 2.12. The van der Waals surface area contributed by atoms with Gasteiger partial charge < -0.3 is 5.32 Å². The SMILES string of the molecule is O=C(NCCCn1ccnn1)c1cc([N+](=O)[O-])ccc1Br. The largest absolute Gasteiger partial charge is 0.352 e. The molecule has 1 aromatic carbocycles. The van der Waals surface area contributed by atoms with Crippen LogP contribution in [0.5, 0.6) is 0 Å². The lowest BCUT2D eigenvalue weighted by molar-refractivity contribution is -0.384. The highest BCUT2D eigenvalue weighted by atomic mass is 79.9. The van der Waals surface area contributed by atoms with Crippen LogP contribution in [-0.4, -0.2) is 32.4 Å². The number of rotatable bonds is 6. The van der Waals surface area contributed by atoms with E-state index in [0.717, 1.165) is 0 Å². The molecular formula is C12H12BrN5O3. The summed E-state index contributed by atoms with van der Waals surface area (Å²) >= 11 is 3.21. The molecule has 1 heterocycles. The average molecular weight is 354 g/mol. The number of nitro benzene ring substituents is 1. The zero-order valence-electron chi connectivity index (χ0n) is 10.9. The van der Waals surface area contributed by atoms with E-state index in [4.69, 9.17) is 0 Å². The van der Waals surface area contributed by atoms with Gasteiger partial charge in [-0.05, 0) is 28.4 Å². The maximum Gasteiger partial charge on any atom is 0.270 e. The van der Waals surface area contributed by atoms with E-state index in [2.05, 4.69) is 31.6 Å². The second-order valence-electron chi connectivity index (χ2n) is 4.20. The molecule has 0 radical (unpaired) electrons. The zero-order valence-corrected chi connectivity index (χ0v) is 12.5. The maximum atomic E-state index is 12.0. The van der Waals surface area contributed by atoms with Gasteiger partial charge in [-0.2, -0.15) is 0 Å². The number of hydrogen-bond acceptors (Lipinski definition) is 5. The number of aromatic nitrogens is 3. The van der Waals surface area contributed by atoms with E-state index in [0.29, 0.717) is 24.0 Å². The van der Waals surface area contributed by atoms with Crippen molar-refractivity contribution in [2.24, 2.45) is 0 Å². The summed E-state index contributed by atoms with van der Waals surface area (Å²) in [6.45, 7) is 1.07. The van der Waals surface area contributed by atoms with E-state index < -0.39 is 4.92 Å². The Hall–Kier alpha value is -2.29. The number of hydrogen-bond donors (Lipinski definition) is 1. The number of carbonyl (C=O) groups is 1. The third-order valence-electron chi connectivity index (χ3n) is 2.73. The number of halogens is 1. The molecule has 0 unspecified atom stereocenters. The lowest BCUT2D eigenvalue weighted by Crippen LogP contribution is -2.25. The molecule has 0 fully saturated rings. The Kier molecular flexibility index (Phi) is 4.99. The average Bonchev–Trinajstić information content (AvgIpc) is 2.96. The third kappa shape index (κ3) is 4.09. The number of nitrogens with one attached hydrogen (secondary N) is 1. The summed E-state index contributed by atoms with van der Waals surface area (Å²) in [7, 11) is 0. The number of non-ortho nitro benzene ring substituents is 1. The van der Waals surface area contributed by atoms with Crippen molar-refractivity contribution in [1.29, 1.82) is 0 Å². The van der Waals surface area contributed by atoms with Crippen LogP contribution in [0.1, 0.15) is 16.8 Å². The van der Waals surface area contributed by atoms with Gasteiger partial charge >= 0.3 is 0 Å². The third-order valence-corrected chi connectivity index (χ3v) is 3.42. The molecule has 1 aromatic heterocycles. The summed E-state index contributed by atoms with van der Waals surface area (Å²) in [5.74, 6) is -0.357. The standard InChI is InChI=1S/C12H12BrN5O3/c13-11-3-2-9(18(20)21)8-10(11)12(19)14-4-1-6-17-7-5-15-16-17/h2-3,5,7-8H,1,4,6H2,(H,14,19). The van der Waals surface area contributed by atoms with Crippen LogP contribution in [0.4, 0.5) is 5.69 Å². The summed E-state index contributed by atoms with van der Waals surface area (Å²) in [5, 5.41) is 20.9. The molecular weight excluding hydrogens is 342 g/mol. The minimum Gasteiger partial charge on any atom is -0.352 e. The van der Waals surface area contributed by atoms with E-state index in [1.54, 1.807) is 17.1 Å². The topological polar surface area (TPSA) is 103 Å². The van der Waals surface area contributed by atoms with Crippen LogP contribution >= 0.6 is 15.9 Å². The minimum absolute atomic E-state index is 0.119.